The second kappa shape index (κ2) is 10.1. The molecule has 0 aliphatic heterocycles. The van der Waals surface area contributed by atoms with E-state index in [4.69, 9.17) is 0 Å². The first-order valence-corrected chi connectivity index (χ1v) is 9.17. The highest BCUT2D eigenvalue weighted by molar-refractivity contribution is 5.90. The van der Waals surface area contributed by atoms with Crippen molar-refractivity contribution in [3.63, 3.8) is 0 Å². The fourth-order valence-corrected chi connectivity index (χ4v) is 3.01. The van der Waals surface area contributed by atoms with Crippen LogP contribution in [0, 0.1) is 5.82 Å². The number of carboxylic acid groups (broad SMARTS) is 1. The number of carboxylic acids is 1. The first-order valence-electron chi connectivity index (χ1n) is 9.17. The number of rotatable bonds is 8. The van der Waals surface area contributed by atoms with Gasteiger partial charge in [0.2, 0.25) is 11.8 Å². The molecule has 31 heavy (non-hydrogen) atoms. The quantitative estimate of drug-likeness (QED) is 0.550. The second-order valence-corrected chi connectivity index (χ2v) is 6.81. The van der Waals surface area contributed by atoms with E-state index >= 15 is 0 Å². The Morgan fingerprint density at radius 1 is 0.903 bits per heavy atom. The lowest BCUT2D eigenvalue weighted by atomic mass is 9.99. The third kappa shape index (κ3) is 6.80. The molecule has 2 rings (SSSR count). The van der Waals surface area contributed by atoms with Crippen LogP contribution in [-0.2, 0) is 33.4 Å². The molecule has 3 N–H and O–H groups in total. The average molecular weight is 440 g/mol. The number of carbonyl (C=O) groups excluding carboxylic acids is 2. The highest BCUT2D eigenvalue weighted by Crippen LogP contribution is 2.32. The van der Waals surface area contributed by atoms with Gasteiger partial charge in [0, 0.05) is 19.8 Å². The van der Waals surface area contributed by atoms with E-state index in [1.165, 1.54) is 30.3 Å². The van der Waals surface area contributed by atoms with Crippen LogP contribution in [0.2, 0.25) is 0 Å². The third-order valence-corrected chi connectivity index (χ3v) is 4.44. The number of nitrogens with one attached hydrogen (secondary N) is 2. The summed E-state index contributed by atoms with van der Waals surface area (Å²) in [4.78, 5) is 35.7. The molecule has 6 nitrogen and oxygen atoms in total. The molecule has 0 saturated carbocycles. The molecule has 0 bridgehead atoms. The van der Waals surface area contributed by atoms with Crippen molar-refractivity contribution in [1.29, 1.82) is 0 Å². The molecule has 2 atom stereocenters. The van der Waals surface area contributed by atoms with E-state index in [9.17, 15) is 37.1 Å². The zero-order valence-corrected chi connectivity index (χ0v) is 16.4. The van der Waals surface area contributed by atoms with Crippen LogP contribution >= 0.6 is 0 Å². The van der Waals surface area contributed by atoms with Gasteiger partial charge in [-0.05, 0) is 23.3 Å². The van der Waals surface area contributed by atoms with E-state index in [2.05, 4.69) is 10.6 Å². The summed E-state index contributed by atoms with van der Waals surface area (Å²) < 4.78 is 53.5. The normalized spacial score (nSPS) is 13.2. The molecule has 0 saturated heterocycles. The van der Waals surface area contributed by atoms with Crippen LogP contribution < -0.4 is 10.6 Å². The Morgan fingerprint density at radius 3 is 2.00 bits per heavy atom. The van der Waals surface area contributed by atoms with Crippen molar-refractivity contribution in [1.82, 2.24) is 10.6 Å². The van der Waals surface area contributed by atoms with Crippen LogP contribution in [0.1, 0.15) is 23.6 Å². The Morgan fingerprint density at radius 2 is 1.45 bits per heavy atom. The van der Waals surface area contributed by atoms with Gasteiger partial charge in [-0.3, -0.25) is 9.59 Å². The lowest BCUT2D eigenvalue weighted by Crippen LogP contribution is -2.52. The van der Waals surface area contributed by atoms with Crippen molar-refractivity contribution in [3.8, 4) is 0 Å². The fourth-order valence-electron chi connectivity index (χ4n) is 3.01. The highest BCUT2D eigenvalue weighted by Gasteiger charge is 2.35. The van der Waals surface area contributed by atoms with Crippen LogP contribution in [0.5, 0.6) is 0 Å². The Labute approximate surface area is 175 Å². The maximum Gasteiger partial charge on any atom is 0.416 e. The Kier molecular flexibility index (Phi) is 7.73. The van der Waals surface area contributed by atoms with Gasteiger partial charge >= 0.3 is 12.1 Å². The summed E-state index contributed by atoms with van der Waals surface area (Å²) in [6, 6.07) is 6.91. The molecule has 0 unspecified atom stereocenters. The van der Waals surface area contributed by atoms with Gasteiger partial charge < -0.3 is 15.7 Å². The topological polar surface area (TPSA) is 95.5 Å². The monoisotopic (exact) mass is 440 g/mol. The van der Waals surface area contributed by atoms with Gasteiger partial charge in [-0.2, -0.15) is 13.2 Å². The number of hydrogen-bond acceptors (Lipinski definition) is 3. The van der Waals surface area contributed by atoms with Crippen LogP contribution in [0.4, 0.5) is 17.6 Å². The zero-order chi connectivity index (χ0) is 23.2. The van der Waals surface area contributed by atoms with Crippen LogP contribution in [0.3, 0.4) is 0 Å². The smallest absolute Gasteiger partial charge is 0.416 e. The van der Waals surface area contributed by atoms with E-state index in [0.29, 0.717) is 0 Å². The van der Waals surface area contributed by atoms with Crippen molar-refractivity contribution in [3.05, 3.63) is 71.0 Å². The molecule has 2 amide bonds. The summed E-state index contributed by atoms with van der Waals surface area (Å²) in [5, 5.41) is 13.9. The lowest BCUT2D eigenvalue weighted by Gasteiger charge is -2.22. The molecule has 166 valence electrons. The number of amides is 2. The number of alkyl halides is 3. The van der Waals surface area contributed by atoms with Crippen molar-refractivity contribution >= 4 is 17.8 Å². The first kappa shape index (κ1) is 23.8. The molecule has 0 aromatic heterocycles. The largest absolute Gasteiger partial charge is 0.480 e. The van der Waals surface area contributed by atoms with E-state index in [1.54, 1.807) is 0 Å². The predicted octanol–water partition coefficient (Wildman–Crippen LogP) is 2.70. The minimum absolute atomic E-state index is 0.102. The minimum Gasteiger partial charge on any atom is -0.480 e. The first-order chi connectivity index (χ1) is 14.5. The van der Waals surface area contributed by atoms with Crippen LogP contribution in [0.25, 0.3) is 0 Å². The predicted molar refractivity (Wildman–Crippen MR) is 102 cm³/mol. The molecular weight excluding hydrogens is 420 g/mol. The van der Waals surface area contributed by atoms with Crippen molar-refractivity contribution in [2.24, 2.45) is 0 Å². The van der Waals surface area contributed by atoms with Crippen molar-refractivity contribution in [2.45, 2.75) is 38.0 Å². The standard InChI is InChI=1S/C21H20F4N2O4/c1-12(28)26-17(11-14-7-3-5-9-16(14)22)19(29)27-18(20(30)31)10-13-6-2-4-8-15(13)21(23,24)25/h2-9,17-18H,10-11H2,1H3,(H,26,28)(H,27,29)(H,30,31)/t17-,18+/m0/s1. The summed E-state index contributed by atoms with van der Waals surface area (Å²) in [7, 11) is 0. The van der Waals surface area contributed by atoms with Gasteiger partial charge in [0.1, 0.15) is 17.9 Å². The molecule has 2 aromatic rings. The number of carbonyl (C=O) groups is 3. The number of benzene rings is 2. The van der Waals surface area contributed by atoms with Crippen LogP contribution in [-0.4, -0.2) is 35.0 Å². The molecule has 0 fully saturated rings. The van der Waals surface area contributed by atoms with Gasteiger partial charge in [0.15, 0.2) is 0 Å². The Hall–Kier alpha value is -3.43. The molecule has 0 aliphatic rings. The second-order valence-electron chi connectivity index (χ2n) is 6.81. The maximum atomic E-state index is 13.9. The van der Waals surface area contributed by atoms with Gasteiger partial charge in [0.05, 0.1) is 5.56 Å². The number of aliphatic carboxylic acids is 1. The lowest BCUT2D eigenvalue weighted by molar-refractivity contribution is -0.143. The van der Waals surface area contributed by atoms with E-state index < -0.39 is 53.8 Å². The van der Waals surface area contributed by atoms with E-state index in [-0.39, 0.29) is 17.5 Å². The number of halogens is 4. The average Bonchev–Trinajstić information content (AvgIpc) is 2.67. The SMILES string of the molecule is CC(=O)N[C@@H](Cc1ccccc1F)C(=O)N[C@H](Cc1ccccc1C(F)(F)F)C(=O)O. The minimum atomic E-state index is -4.70. The molecule has 0 heterocycles. The Bertz CT molecular complexity index is 962. The molecule has 2 aromatic carbocycles. The van der Waals surface area contributed by atoms with E-state index in [0.717, 1.165) is 25.1 Å². The molecule has 0 aliphatic carbocycles. The van der Waals surface area contributed by atoms with Crippen molar-refractivity contribution in [2.75, 3.05) is 0 Å². The fraction of sp³-hybridized carbons (Fsp3) is 0.286. The van der Waals surface area contributed by atoms with E-state index in [1.807, 2.05) is 0 Å². The Balaban J connectivity index is 2.24. The maximum absolute atomic E-state index is 13.9. The molecular formula is C21H20F4N2O4. The summed E-state index contributed by atoms with van der Waals surface area (Å²) in [5.74, 6) is -3.77. The summed E-state index contributed by atoms with van der Waals surface area (Å²) in [6.07, 6.45) is -5.61. The van der Waals surface area contributed by atoms with Gasteiger partial charge in [-0.15, -0.1) is 0 Å². The molecule has 0 radical (unpaired) electrons. The number of hydrogen-bond donors (Lipinski definition) is 3. The van der Waals surface area contributed by atoms with Gasteiger partial charge in [-0.1, -0.05) is 36.4 Å². The van der Waals surface area contributed by atoms with Crippen LogP contribution in [0.15, 0.2) is 48.5 Å². The molecule has 0 spiro atoms. The molecule has 10 heteroatoms. The van der Waals surface area contributed by atoms with Gasteiger partial charge in [0.25, 0.3) is 0 Å². The van der Waals surface area contributed by atoms with Crippen molar-refractivity contribution < 1.29 is 37.1 Å². The highest BCUT2D eigenvalue weighted by atomic mass is 19.4. The zero-order valence-electron chi connectivity index (χ0n) is 16.4. The van der Waals surface area contributed by atoms with Gasteiger partial charge in [-0.25, -0.2) is 9.18 Å². The third-order valence-electron chi connectivity index (χ3n) is 4.44. The summed E-state index contributed by atoms with van der Waals surface area (Å²) in [5.41, 5.74) is -1.22. The summed E-state index contributed by atoms with van der Waals surface area (Å²) >= 11 is 0. The summed E-state index contributed by atoms with van der Waals surface area (Å²) in [6.45, 7) is 1.12.